The fraction of sp³-hybridized carbons (Fsp3) is 0.286. The minimum Gasteiger partial charge on any atom is -0.363 e. The van der Waals surface area contributed by atoms with Gasteiger partial charge < -0.3 is 10.6 Å². The van der Waals surface area contributed by atoms with Gasteiger partial charge in [-0.05, 0) is 30.7 Å². The molecule has 5 heteroatoms. The molecule has 0 bridgehead atoms. The summed E-state index contributed by atoms with van der Waals surface area (Å²) in [6.07, 6.45) is 0. The molecule has 0 aliphatic heterocycles. The van der Waals surface area contributed by atoms with Crippen molar-refractivity contribution in [2.75, 3.05) is 11.9 Å². The van der Waals surface area contributed by atoms with Gasteiger partial charge in [-0.25, -0.2) is 0 Å². The van der Waals surface area contributed by atoms with Crippen molar-refractivity contribution >= 4 is 34.1 Å². The molecule has 19 heavy (non-hydrogen) atoms. The Kier molecular flexibility index (Phi) is 10.7. The number of nitrogens with one attached hydrogen (secondary N) is 2. The van der Waals surface area contributed by atoms with Gasteiger partial charge in [0.25, 0.3) is 0 Å². The van der Waals surface area contributed by atoms with Crippen LogP contribution >= 0.6 is 12.2 Å². The van der Waals surface area contributed by atoms with Crippen molar-refractivity contribution in [1.82, 2.24) is 10.3 Å². The van der Waals surface area contributed by atoms with Crippen molar-refractivity contribution < 1.29 is 51.4 Å². The molecular formula is C14H18KN3S. The summed E-state index contributed by atoms with van der Waals surface area (Å²) < 4.78 is 0. The number of rotatable bonds is 2. The summed E-state index contributed by atoms with van der Waals surface area (Å²) in [5.74, 6) is 0.754. The predicted octanol–water partition coefficient (Wildman–Crippen LogP) is 0.371. The third-order valence-corrected chi connectivity index (χ3v) is 2.36. The Labute approximate surface area is 163 Å². The second kappa shape index (κ2) is 10.7. The Morgan fingerprint density at radius 1 is 1.32 bits per heavy atom. The van der Waals surface area contributed by atoms with E-state index in [1.165, 1.54) is 0 Å². The van der Waals surface area contributed by atoms with Gasteiger partial charge in [0.2, 0.25) is 0 Å². The molecule has 0 unspecified atom stereocenters. The van der Waals surface area contributed by atoms with Crippen molar-refractivity contribution in [2.45, 2.75) is 20.8 Å². The average Bonchev–Trinajstić information content (AvgIpc) is 2.41. The molecule has 0 saturated carbocycles. The monoisotopic (exact) mass is 299 g/mol. The normalized spacial score (nSPS) is 8.79. The van der Waals surface area contributed by atoms with Crippen LogP contribution in [0.15, 0.2) is 30.3 Å². The number of benzene rings is 1. The van der Waals surface area contributed by atoms with Crippen LogP contribution in [-0.2, 0) is 0 Å². The summed E-state index contributed by atoms with van der Waals surface area (Å²) in [7, 11) is 0. The first-order valence-corrected chi connectivity index (χ1v) is 6.52. The molecule has 3 nitrogen and oxygen atoms in total. The van der Waals surface area contributed by atoms with Gasteiger partial charge in [-0.15, -0.1) is 17.5 Å². The maximum Gasteiger partial charge on any atom is 1.00 e. The van der Waals surface area contributed by atoms with Crippen LogP contribution < -0.4 is 62.0 Å². The zero-order valence-corrected chi connectivity index (χ0v) is 15.9. The molecule has 0 aliphatic carbocycles. The van der Waals surface area contributed by atoms with Gasteiger partial charge in [-0.2, -0.15) is 18.2 Å². The molecule has 0 radical (unpaired) electrons. The van der Waals surface area contributed by atoms with E-state index in [9.17, 15) is 0 Å². The Morgan fingerprint density at radius 3 is 2.74 bits per heavy atom. The first kappa shape index (κ1) is 19.0. The van der Waals surface area contributed by atoms with Crippen molar-refractivity contribution in [1.29, 1.82) is 0 Å². The Bertz CT molecular complexity index is 517. The Balaban J connectivity index is 0.00000103. The Morgan fingerprint density at radius 2 is 2.05 bits per heavy atom. The molecule has 0 saturated heterocycles. The SMILES string of the molecule is CC.CCNC(=S)Nc1ccc2c[c-]ccc2n1.[K+]. The van der Waals surface area contributed by atoms with Crippen LogP contribution in [0.2, 0.25) is 0 Å². The quantitative estimate of drug-likeness (QED) is 0.477. The maximum atomic E-state index is 5.09. The van der Waals surface area contributed by atoms with E-state index in [4.69, 9.17) is 12.2 Å². The van der Waals surface area contributed by atoms with Gasteiger partial charge >= 0.3 is 51.4 Å². The average molecular weight is 299 g/mol. The van der Waals surface area contributed by atoms with Gasteiger partial charge in [-0.1, -0.05) is 13.8 Å². The molecule has 0 amide bonds. The number of thiocarbonyl (C=S) groups is 1. The molecule has 0 spiro atoms. The summed E-state index contributed by atoms with van der Waals surface area (Å²) in [4.78, 5) is 4.44. The van der Waals surface area contributed by atoms with Crippen LogP contribution in [0.5, 0.6) is 0 Å². The van der Waals surface area contributed by atoms with E-state index >= 15 is 0 Å². The van der Waals surface area contributed by atoms with Crippen LogP contribution in [0, 0.1) is 6.07 Å². The van der Waals surface area contributed by atoms with Gasteiger partial charge in [0.1, 0.15) is 5.82 Å². The molecule has 2 N–H and O–H groups in total. The fourth-order valence-corrected chi connectivity index (χ4v) is 1.65. The van der Waals surface area contributed by atoms with Gasteiger partial charge in [0, 0.05) is 6.54 Å². The molecule has 0 fully saturated rings. The largest absolute Gasteiger partial charge is 1.00 e. The van der Waals surface area contributed by atoms with Crippen LogP contribution in [0.3, 0.4) is 0 Å². The summed E-state index contributed by atoms with van der Waals surface area (Å²) >= 11 is 5.09. The molecule has 0 atom stereocenters. The third kappa shape index (κ3) is 6.29. The first-order valence-electron chi connectivity index (χ1n) is 6.11. The van der Waals surface area contributed by atoms with Gasteiger partial charge in [0.15, 0.2) is 5.11 Å². The third-order valence-electron chi connectivity index (χ3n) is 2.11. The van der Waals surface area contributed by atoms with E-state index < -0.39 is 0 Å². The molecule has 1 aromatic heterocycles. The van der Waals surface area contributed by atoms with Crippen molar-refractivity contribution in [3.63, 3.8) is 0 Å². The zero-order chi connectivity index (χ0) is 13.4. The van der Waals surface area contributed by atoms with Crippen molar-refractivity contribution in [2.24, 2.45) is 0 Å². The molecule has 2 rings (SSSR count). The van der Waals surface area contributed by atoms with E-state index in [0.29, 0.717) is 5.11 Å². The van der Waals surface area contributed by atoms with E-state index in [-0.39, 0.29) is 51.4 Å². The number of hydrogen-bond acceptors (Lipinski definition) is 2. The minimum absolute atomic E-state index is 0. The van der Waals surface area contributed by atoms with E-state index in [1.807, 2.05) is 51.1 Å². The van der Waals surface area contributed by atoms with Crippen LogP contribution in [0.25, 0.3) is 10.9 Å². The standard InChI is InChI=1S/C12H12N3S.C2H6.K/c1-2-13-12(16)15-11-8-7-9-5-3-4-6-10(9)14-11;1-2;/h4-8H,2H2,1H3,(H2,13,14,15,16);1-2H3;/q-1;;+1. The number of nitrogens with zero attached hydrogens (tertiary/aromatic N) is 1. The predicted molar refractivity (Wildman–Crippen MR) is 81.8 cm³/mol. The minimum atomic E-state index is 0. The summed E-state index contributed by atoms with van der Waals surface area (Å²) in [6.45, 7) is 6.80. The second-order valence-electron chi connectivity index (χ2n) is 3.30. The summed E-state index contributed by atoms with van der Waals surface area (Å²) in [5.41, 5.74) is 0.933. The van der Waals surface area contributed by atoms with E-state index in [0.717, 1.165) is 23.3 Å². The molecular weight excluding hydrogens is 281 g/mol. The van der Waals surface area contributed by atoms with Crippen LogP contribution in [0.1, 0.15) is 20.8 Å². The molecule has 1 heterocycles. The van der Waals surface area contributed by atoms with Crippen LogP contribution in [0.4, 0.5) is 5.82 Å². The van der Waals surface area contributed by atoms with Crippen molar-refractivity contribution in [3.05, 3.63) is 36.4 Å². The first-order chi connectivity index (χ1) is 8.79. The number of fused-ring (bicyclic) bond motifs is 1. The van der Waals surface area contributed by atoms with Crippen LogP contribution in [-0.4, -0.2) is 16.6 Å². The topological polar surface area (TPSA) is 37.0 Å². The fourth-order valence-electron chi connectivity index (χ4n) is 1.40. The van der Waals surface area contributed by atoms with E-state index in [1.54, 1.807) is 0 Å². The van der Waals surface area contributed by atoms with Gasteiger partial charge in [0.05, 0.1) is 0 Å². The second-order valence-corrected chi connectivity index (χ2v) is 3.71. The maximum absolute atomic E-state index is 5.09. The Hall–Kier alpha value is -0.0436. The van der Waals surface area contributed by atoms with E-state index in [2.05, 4.69) is 21.7 Å². The molecule has 96 valence electrons. The molecule has 0 aliphatic rings. The zero-order valence-electron chi connectivity index (χ0n) is 11.9. The number of hydrogen-bond donors (Lipinski definition) is 2. The number of pyridine rings is 1. The molecule has 1 aromatic carbocycles. The smallest absolute Gasteiger partial charge is 0.363 e. The van der Waals surface area contributed by atoms with Crippen molar-refractivity contribution in [3.8, 4) is 0 Å². The number of anilines is 1. The summed E-state index contributed by atoms with van der Waals surface area (Å²) in [5, 5.41) is 7.72. The summed E-state index contributed by atoms with van der Waals surface area (Å²) in [6, 6.07) is 12.6. The van der Waals surface area contributed by atoms with Gasteiger partial charge in [-0.3, -0.25) is 4.98 Å². The molecule has 2 aromatic rings. The number of aromatic nitrogens is 1.